The molecule has 3 nitrogen and oxygen atoms in total. The van der Waals surface area contributed by atoms with Gasteiger partial charge in [-0.15, -0.1) is 0 Å². The van der Waals surface area contributed by atoms with Crippen molar-refractivity contribution in [2.45, 2.75) is 0 Å². The molecular weight excluding hydrogens is 180 g/mol. The quantitative estimate of drug-likeness (QED) is 0.383. The molecule has 0 aromatic heterocycles. The van der Waals surface area contributed by atoms with Gasteiger partial charge < -0.3 is 32.0 Å². The SMILES string of the molecule is O=C([O-])O.[Br-].[Ca+2]. The van der Waals surface area contributed by atoms with E-state index in [2.05, 4.69) is 0 Å². The zero-order chi connectivity index (χ0) is 3.58. The molecule has 0 aliphatic rings. The second-order valence-electron chi connectivity index (χ2n) is 0.266. The molecule has 0 atom stereocenters. The van der Waals surface area contributed by atoms with Gasteiger partial charge in [-0.2, -0.15) is 0 Å². The van der Waals surface area contributed by atoms with Crippen LogP contribution in [0, 0.1) is 0 Å². The van der Waals surface area contributed by atoms with Crippen molar-refractivity contribution < 1.29 is 32.0 Å². The molecule has 0 aliphatic carbocycles. The molecule has 32 valence electrons. The number of halogens is 1. The molecule has 0 aromatic rings. The van der Waals surface area contributed by atoms with E-state index >= 15 is 0 Å². The summed E-state index contributed by atoms with van der Waals surface area (Å²) in [6, 6.07) is 0. The van der Waals surface area contributed by atoms with Crippen LogP contribution in [0.25, 0.3) is 0 Å². The van der Waals surface area contributed by atoms with Gasteiger partial charge in [0, 0.05) is 0 Å². The maximum atomic E-state index is 8.44. The Labute approximate surface area is 75.1 Å². The Morgan fingerprint density at radius 2 is 1.67 bits per heavy atom. The molecule has 0 aliphatic heterocycles. The molecule has 0 heterocycles. The van der Waals surface area contributed by atoms with Crippen LogP contribution in [0.1, 0.15) is 0 Å². The van der Waals surface area contributed by atoms with Crippen LogP contribution in [-0.2, 0) is 0 Å². The molecule has 1 N–H and O–H groups in total. The Morgan fingerprint density at radius 3 is 1.67 bits per heavy atom. The average molecular weight is 181 g/mol. The Morgan fingerprint density at radius 1 is 1.67 bits per heavy atom. The van der Waals surface area contributed by atoms with E-state index in [4.69, 9.17) is 15.0 Å². The van der Waals surface area contributed by atoms with Crippen LogP contribution in [-0.4, -0.2) is 49.0 Å². The van der Waals surface area contributed by atoms with Gasteiger partial charge in [-0.1, -0.05) is 0 Å². The van der Waals surface area contributed by atoms with E-state index in [0.29, 0.717) is 0 Å². The fourth-order valence-electron chi connectivity index (χ4n) is 0. The minimum Gasteiger partial charge on any atom is -1.00 e. The summed E-state index contributed by atoms with van der Waals surface area (Å²) in [5, 5.41) is 15.3. The number of hydrogen-bond donors (Lipinski definition) is 1. The van der Waals surface area contributed by atoms with Crippen LogP contribution >= 0.6 is 0 Å². The van der Waals surface area contributed by atoms with Crippen LogP contribution in [0.3, 0.4) is 0 Å². The third-order valence-electron chi connectivity index (χ3n) is 0. The van der Waals surface area contributed by atoms with Crippen molar-refractivity contribution in [2.24, 2.45) is 0 Å². The van der Waals surface area contributed by atoms with Crippen molar-refractivity contribution in [1.82, 2.24) is 0 Å². The van der Waals surface area contributed by atoms with Gasteiger partial charge in [-0.3, -0.25) is 0 Å². The van der Waals surface area contributed by atoms with Crippen molar-refractivity contribution in [3.05, 3.63) is 0 Å². The Hall–Kier alpha value is 1.01. The minimum atomic E-state index is -2.08. The normalized spacial score (nSPS) is 4.00. The summed E-state index contributed by atoms with van der Waals surface area (Å²) < 4.78 is 0. The van der Waals surface area contributed by atoms with Crippen LogP contribution in [0.4, 0.5) is 4.79 Å². The molecule has 0 bridgehead atoms. The topological polar surface area (TPSA) is 60.4 Å². The maximum Gasteiger partial charge on any atom is 2.00 e. The predicted octanol–water partition coefficient (Wildman–Crippen LogP) is -4.49. The fraction of sp³-hybridized carbons (Fsp3) is 0. The third kappa shape index (κ3) is 79.0. The molecule has 0 aromatic carbocycles. The van der Waals surface area contributed by atoms with Crippen molar-refractivity contribution in [3.8, 4) is 0 Å². The maximum absolute atomic E-state index is 8.44. The van der Waals surface area contributed by atoms with Gasteiger partial charge in [-0.25, -0.2) is 0 Å². The van der Waals surface area contributed by atoms with Gasteiger partial charge in [0.05, 0.1) is 0 Å². The van der Waals surface area contributed by atoms with Crippen molar-refractivity contribution in [2.75, 3.05) is 0 Å². The van der Waals surface area contributed by atoms with E-state index in [1.807, 2.05) is 0 Å². The van der Waals surface area contributed by atoms with Crippen molar-refractivity contribution in [1.29, 1.82) is 0 Å². The van der Waals surface area contributed by atoms with E-state index in [0.717, 1.165) is 0 Å². The summed E-state index contributed by atoms with van der Waals surface area (Å²) in [5.74, 6) is 0. The molecule has 0 saturated carbocycles. The molecule has 0 radical (unpaired) electrons. The average Bonchev–Trinajstić information content (AvgIpc) is 0.811. The van der Waals surface area contributed by atoms with Crippen LogP contribution in [0.2, 0.25) is 0 Å². The molecule has 0 saturated heterocycles. The smallest absolute Gasteiger partial charge is 1.00 e. The molecule has 0 amide bonds. The van der Waals surface area contributed by atoms with Crippen LogP contribution in [0.5, 0.6) is 0 Å². The Kier molecular flexibility index (Phi) is 24.6. The number of rotatable bonds is 0. The van der Waals surface area contributed by atoms with Crippen LogP contribution in [0.15, 0.2) is 0 Å². The van der Waals surface area contributed by atoms with Gasteiger partial charge in [-0.05, 0) is 0 Å². The molecule has 6 heavy (non-hydrogen) atoms. The van der Waals surface area contributed by atoms with E-state index in [-0.39, 0.29) is 54.7 Å². The number of carbonyl (C=O) groups is 1. The Bertz CT molecular complexity index is 33.8. The summed E-state index contributed by atoms with van der Waals surface area (Å²) in [6.45, 7) is 0. The van der Waals surface area contributed by atoms with E-state index in [1.54, 1.807) is 0 Å². The monoisotopic (exact) mass is 180 g/mol. The first-order valence-corrected chi connectivity index (χ1v) is 0.632. The second kappa shape index (κ2) is 9.38. The molecule has 0 rings (SSSR count). The second-order valence-corrected chi connectivity index (χ2v) is 0.266. The van der Waals surface area contributed by atoms with Crippen molar-refractivity contribution in [3.63, 3.8) is 0 Å². The molecular formula is CHBrCaO3. The van der Waals surface area contributed by atoms with Gasteiger partial charge in [0.1, 0.15) is 0 Å². The summed E-state index contributed by atoms with van der Waals surface area (Å²) in [6.07, 6.45) is -2.08. The predicted molar refractivity (Wildman–Crippen MR) is 13.8 cm³/mol. The zero-order valence-corrected chi connectivity index (χ0v) is 6.64. The first kappa shape index (κ1) is 15.7. The van der Waals surface area contributed by atoms with E-state index < -0.39 is 6.16 Å². The minimum absolute atomic E-state index is 0. The third-order valence-corrected chi connectivity index (χ3v) is 0. The van der Waals surface area contributed by atoms with Gasteiger partial charge in [0.25, 0.3) is 0 Å². The molecule has 0 fully saturated rings. The van der Waals surface area contributed by atoms with Gasteiger partial charge in [0.15, 0.2) is 0 Å². The largest absolute Gasteiger partial charge is 2.00 e. The summed E-state index contributed by atoms with van der Waals surface area (Å²) in [7, 11) is 0. The van der Waals surface area contributed by atoms with E-state index in [1.165, 1.54) is 0 Å². The standard InChI is InChI=1S/CH2O3.BrH.Ca/c2-1(3)4;;/h(H2,2,3,4);1H;/q;;+2/p-2. The molecule has 0 unspecified atom stereocenters. The van der Waals surface area contributed by atoms with E-state index in [9.17, 15) is 0 Å². The van der Waals surface area contributed by atoms with Gasteiger partial charge in [0.2, 0.25) is 6.16 Å². The van der Waals surface area contributed by atoms with Crippen LogP contribution < -0.4 is 22.1 Å². The first-order valence-electron chi connectivity index (χ1n) is 0.632. The van der Waals surface area contributed by atoms with Crippen molar-refractivity contribution >= 4 is 43.9 Å². The number of carboxylic acid groups (broad SMARTS) is 2. The molecule has 0 spiro atoms. The Balaban J connectivity index is -0.0000000450. The zero-order valence-electron chi connectivity index (χ0n) is 2.85. The summed E-state index contributed by atoms with van der Waals surface area (Å²) >= 11 is 0. The van der Waals surface area contributed by atoms with Gasteiger partial charge >= 0.3 is 37.7 Å². The molecule has 5 heteroatoms. The fourth-order valence-corrected chi connectivity index (χ4v) is 0. The summed E-state index contributed by atoms with van der Waals surface area (Å²) in [5.41, 5.74) is 0. The summed E-state index contributed by atoms with van der Waals surface area (Å²) in [4.78, 5) is 8.44. The first-order chi connectivity index (χ1) is 1.73. The number of hydrogen-bond acceptors (Lipinski definition) is 2.